The lowest BCUT2D eigenvalue weighted by molar-refractivity contribution is 0.0479. The fourth-order valence-corrected chi connectivity index (χ4v) is 5.95. The van der Waals surface area contributed by atoms with E-state index in [2.05, 4.69) is 24.3 Å². The molecule has 44 heavy (non-hydrogen) atoms. The van der Waals surface area contributed by atoms with Gasteiger partial charge in [0.2, 0.25) is 0 Å². The van der Waals surface area contributed by atoms with Gasteiger partial charge in [-0.2, -0.15) is 0 Å². The molecule has 0 atom stereocenters. The van der Waals surface area contributed by atoms with Gasteiger partial charge >= 0.3 is 23.9 Å². The maximum absolute atomic E-state index is 13.0. The van der Waals surface area contributed by atoms with E-state index >= 15 is 0 Å². The summed E-state index contributed by atoms with van der Waals surface area (Å²) in [5, 5.41) is 3.54. The Labute approximate surface area is 256 Å². The van der Waals surface area contributed by atoms with Crippen LogP contribution in [0, 0.1) is 0 Å². The van der Waals surface area contributed by atoms with Crippen LogP contribution < -0.4 is 0 Å². The highest BCUT2D eigenvalue weighted by molar-refractivity contribution is 6.09. The topological polar surface area (TPSA) is 105 Å². The molecule has 0 saturated carbocycles. The number of fused-ring (bicyclic) bond motifs is 4. The second kappa shape index (κ2) is 13.3. The molecule has 0 N–H and O–H groups in total. The average molecular weight is 597 g/mol. The SMILES string of the molecule is CCOC(=O)c1cc2c3ccc(c2cc1C(=O)OCC)CCc1ccc(c2cc(C(=O)OCC)c(C(=O)OCC)cc12)CC3. The molecule has 0 unspecified atom stereocenters. The van der Waals surface area contributed by atoms with Crippen molar-refractivity contribution in [2.75, 3.05) is 26.4 Å². The van der Waals surface area contributed by atoms with Crippen LogP contribution in [0.2, 0.25) is 0 Å². The van der Waals surface area contributed by atoms with E-state index in [-0.39, 0.29) is 48.7 Å². The van der Waals surface area contributed by atoms with E-state index in [1.807, 2.05) is 0 Å². The Morgan fingerprint density at radius 3 is 0.818 bits per heavy atom. The third-order valence-electron chi connectivity index (χ3n) is 7.98. The molecule has 8 nitrogen and oxygen atoms in total. The minimum absolute atomic E-state index is 0.181. The first-order valence-corrected chi connectivity index (χ1v) is 15.2. The summed E-state index contributed by atoms with van der Waals surface area (Å²) in [6, 6.07) is 15.3. The van der Waals surface area contributed by atoms with Crippen molar-refractivity contribution in [2.24, 2.45) is 0 Å². The number of hydrogen-bond acceptors (Lipinski definition) is 8. The van der Waals surface area contributed by atoms with E-state index in [4.69, 9.17) is 18.9 Å². The molecule has 0 radical (unpaired) electrons. The van der Waals surface area contributed by atoms with Gasteiger partial charge in [-0.25, -0.2) is 19.2 Å². The fourth-order valence-electron chi connectivity index (χ4n) is 5.95. The molecule has 0 spiro atoms. The Morgan fingerprint density at radius 2 is 0.636 bits per heavy atom. The first kappa shape index (κ1) is 30.7. The maximum Gasteiger partial charge on any atom is 0.339 e. The summed E-state index contributed by atoms with van der Waals surface area (Å²) in [6.07, 6.45) is 2.50. The predicted octanol–water partition coefficient (Wildman–Crippen LogP) is 6.58. The van der Waals surface area contributed by atoms with Crippen LogP contribution in [0.4, 0.5) is 0 Å². The molecule has 4 aromatic carbocycles. The van der Waals surface area contributed by atoms with Crippen molar-refractivity contribution in [3.8, 4) is 0 Å². The summed E-state index contributed by atoms with van der Waals surface area (Å²) in [6.45, 7) is 7.63. The summed E-state index contributed by atoms with van der Waals surface area (Å²) in [5.74, 6) is -2.28. The van der Waals surface area contributed by atoms with Crippen molar-refractivity contribution >= 4 is 45.4 Å². The van der Waals surface area contributed by atoms with Gasteiger partial charge in [0.25, 0.3) is 0 Å². The largest absolute Gasteiger partial charge is 0.462 e. The zero-order valence-corrected chi connectivity index (χ0v) is 25.5. The number of esters is 4. The monoisotopic (exact) mass is 596 g/mol. The molecule has 0 aromatic heterocycles. The quantitative estimate of drug-likeness (QED) is 0.166. The van der Waals surface area contributed by atoms with Crippen molar-refractivity contribution in [3.05, 3.63) is 93.0 Å². The van der Waals surface area contributed by atoms with Crippen LogP contribution in [-0.4, -0.2) is 50.3 Å². The Morgan fingerprint density at radius 1 is 0.432 bits per heavy atom. The van der Waals surface area contributed by atoms with Crippen molar-refractivity contribution in [1.29, 1.82) is 0 Å². The van der Waals surface area contributed by atoms with Gasteiger partial charge in [-0.05, 0) is 121 Å². The first-order chi connectivity index (χ1) is 21.3. The maximum atomic E-state index is 13.0. The summed E-state index contributed by atoms with van der Waals surface area (Å²) in [7, 11) is 0. The Hall–Kier alpha value is -4.72. The lowest BCUT2D eigenvalue weighted by Crippen LogP contribution is -2.15. The normalized spacial score (nSPS) is 12.5. The molecule has 4 bridgehead atoms. The van der Waals surface area contributed by atoms with Crippen LogP contribution in [-0.2, 0) is 44.6 Å². The molecule has 6 rings (SSSR count). The second-order valence-electron chi connectivity index (χ2n) is 10.5. The standard InChI is InChI=1S/C36H36O8/c1-5-41-33(37)29-17-25-21-9-10-22(26(25)18-30(29)34(38)42-6-2)15-16-24-12-11-23(14-13-21)27-19-31(35(39)43-7-3)32(20-28(24)27)36(40)44-8-4/h9-12,17-20H,5-8,13-16H2,1-4H3. The molecular formula is C36H36O8. The van der Waals surface area contributed by atoms with Crippen molar-refractivity contribution in [3.63, 3.8) is 0 Å². The fraction of sp³-hybridized carbons (Fsp3) is 0.333. The number of carbonyl (C=O) groups is 4. The number of aryl methyl sites for hydroxylation is 4. The predicted molar refractivity (Wildman–Crippen MR) is 167 cm³/mol. The zero-order chi connectivity index (χ0) is 31.4. The summed E-state index contributed by atoms with van der Waals surface area (Å²) in [4.78, 5) is 51.9. The molecule has 0 heterocycles. The Bertz CT molecular complexity index is 1520. The van der Waals surface area contributed by atoms with Crippen LogP contribution >= 0.6 is 0 Å². The van der Waals surface area contributed by atoms with Crippen molar-refractivity contribution in [2.45, 2.75) is 53.4 Å². The van der Waals surface area contributed by atoms with Gasteiger partial charge < -0.3 is 18.9 Å². The van der Waals surface area contributed by atoms with E-state index in [1.54, 1.807) is 52.0 Å². The van der Waals surface area contributed by atoms with E-state index in [0.29, 0.717) is 25.7 Å². The minimum atomic E-state index is -0.570. The third kappa shape index (κ3) is 5.89. The van der Waals surface area contributed by atoms with Crippen molar-refractivity contribution < 1.29 is 38.1 Å². The van der Waals surface area contributed by atoms with E-state index in [9.17, 15) is 19.2 Å². The van der Waals surface area contributed by atoms with Crippen LogP contribution in [0.15, 0.2) is 48.5 Å². The summed E-state index contributed by atoms with van der Waals surface area (Å²) < 4.78 is 21.2. The van der Waals surface area contributed by atoms with Crippen LogP contribution in [0.5, 0.6) is 0 Å². The second-order valence-corrected chi connectivity index (χ2v) is 10.5. The van der Waals surface area contributed by atoms with Crippen LogP contribution in [0.1, 0.15) is 91.4 Å². The Kier molecular flexibility index (Phi) is 9.28. The van der Waals surface area contributed by atoms with Crippen LogP contribution in [0.3, 0.4) is 0 Å². The highest BCUT2D eigenvalue weighted by Crippen LogP contribution is 2.34. The molecule has 2 aliphatic carbocycles. The smallest absolute Gasteiger partial charge is 0.339 e. The lowest BCUT2D eigenvalue weighted by Gasteiger charge is -2.19. The number of hydrogen-bond donors (Lipinski definition) is 0. The van der Waals surface area contributed by atoms with Gasteiger partial charge in [0.15, 0.2) is 0 Å². The highest BCUT2D eigenvalue weighted by atomic mass is 16.5. The van der Waals surface area contributed by atoms with Gasteiger partial charge in [0.1, 0.15) is 0 Å². The highest BCUT2D eigenvalue weighted by Gasteiger charge is 2.25. The summed E-state index contributed by atoms with van der Waals surface area (Å²) >= 11 is 0. The van der Waals surface area contributed by atoms with Crippen molar-refractivity contribution in [1.82, 2.24) is 0 Å². The molecule has 0 saturated heterocycles. The third-order valence-corrected chi connectivity index (χ3v) is 7.98. The first-order valence-electron chi connectivity index (χ1n) is 15.2. The molecule has 2 aliphatic rings. The average Bonchev–Trinajstić information content (AvgIpc) is 3.01. The van der Waals surface area contributed by atoms with Gasteiger partial charge in [0.05, 0.1) is 48.7 Å². The number of benzene rings is 4. The van der Waals surface area contributed by atoms with Gasteiger partial charge in [-0.15, -0.1) is 0 Å². The number of rotatable bonds is 8. The van der Waals surface area contributed by atoms with Crippen LogP contribution in [0.25, 0.3) is 21.5 Å². The lowest BCUT2D eigenvalue weighted by atomic mass is 9.86. The van der Waals surface area contributed by atoms with E-state index in [1.165, 1.54) is 0 Å². The van der Waals surface area contributed by atoms with Gasteiger partial charge in [-0.3, -0.25) is 0 Å². The molecule has 8 heteroatoms. The van der Waals surface area contributed by atoms with Gasteiger partial charge in [0, 0.05) is 0 Å². The molecule has 0 fully saturated rings. The molecule has 0 aliphatic heterocycles. The zero-order valence-electron chi connectivity index (χ0n) is 25.5. The summed E-state index contributed by atoms with van der Waals surface area (Å²) in [5.41, 5.74) is 4.77. The number of ether oxygens (including phenoxy) is 4. The molecule has 0 amide bonds. The number of carbonyl (C=O) groups excluding carboxylic acids is 4. The molecule has 4 aromatic rings. The van der Waals surface area contributed by atoms with Gasteiger partial charge in [-0.1, -0.05) is 24.3 Å². The Balaban J connectivity index is 1.69. The molecular weight excluding hydrogens is 560 g/mol. The minimum Gasteiger partial charge on any atom is -0.462 e. The van der Waals surface area contributed by atoms with E-state index < -0.39 is 23.9 Å². The molecule has 228 valence electrons. The van der Waals surface area contributed by atoms with E-state index in [0.717, 1.165) is 43.8 Å².